The standard InChI is InChI=1S/C23H28N4O3/c1-2-29-15-21-25-20-13-24-19-6-5-17(26-9-3-4-22(26)28)12-18(19)23(20)27(21)14-16-7-10-30-11-8-16/h5-6,12-13,16H,2-4,7-11,14-15H2,1H3. The molecular formula is C23H28N4O3. The minimum absolute atomic E-state index is 0.197. The third-order valence-corrected chi connectivity index (χ3v) is 6.24. The van der Waals surface area contributed by atoms with Crippen molar-refractivity contribution in [1.82, 2.24) is 14.5 Å². The molecular weight excluding hydrogens is 380 g/mol. The highest BCUT2D eigenvalue weighted by molar-refractivity contribution is 6.05. The van der Waals surface area contributed by atoms with Crippen LogP contribution < -0.4 is 4.90 Å². The van der Waals surface area contributed by atoms with Gasteiger partial charge >= 0.3 is 0 Å². The van der Waals surface area contributed by atoms with Crippen LogP contribution in [0.2, 0.25) is 0 Å². The van der Waals surface area contributed by atoms with Crippen molar-refractivity contribution in [3.63, 3.8) is 0 Å². The summed E-state index contributed by atoms with van der Waals surface area (Å²) in [6.45, 7) is 6.46. The van der Waals surface area contributed by atoms with E-state index in [1.807, 2.05) is 30.2 Å². The first-order valence-corrected chi connectivity index (χ1v) is 11.0. The zero-order chi connectivity index (χ0) is 20.5. The van der Waals surface area contributed by atoms with Crippen LogP contribution in [0.3, 0.4) is 0 Å². The van der Waals surface area contributed by atoms with E-state index in [4.69, 9.17) is 14.5 Å². The molecule has 0 bridgehead atoms. The van der Waals surface area contributed by atoms with Crippen LogP contribution in [-0.4, -0.2) is 46.8 Å². The summed E-state index contributed by atoms with van der Waals surface area (Å²) < 4.78 is 13.6. The van der Waals surface area contributed by atoms with E-state index in [9.17, 15) is 4.79 Å². The fraction of sp³-hybridized carbons (Fsp3) is 0.522. The SMILES string of the molecule is CCOCc1nc2cnc3ccc(N4CCCC4=O)cc3c2n1CC1CCOCC1. The molecule has 0 unspecified atom stereocenters. The van der Waals surface area contributed by atoms with E-state index in [2.05, 4.69) is 15.6 Å². The Bertz CT molecular complexity index is 1070. The Morgan fingerprint density at radius 1 is 1.23 bits per heavy atom. The van der Waals surface area contributed by atoms with Crippen molar-refractivity contribution in [1.29, 1.82) is 0 Å². The van der Waals surface area contributed by atoms with Crippen molar-refractivity contribution < 1.29 is 14.3 Å². The average Bonchev–Trinajstić information content (AvgIpc) is 3.36. The number of hydrogen-bond donors (Lipinski definition) is 0. The second kappa shape index (κ2) is 8.32. The molecule has 2 aromatic heterocycles. The average molecular weight is 409 g/mol. The number of carbonyl (C=O) groups is 1. The number of nitrogens with zero attached hydrogens (tertiary/aromatic N) is 4. The first-order valence-electron chi connectivity index (χ1n) is 11.0. The van der Waals surface area contributed by atoms with Gasteiger partial charge in [0.15, 0.2) is 0 Å². The van der Waals surface area contributed by atoms with Crippen LogP contribution in [-0.2, 0) is 27.4 Å². The number of hydrogen-bond acceptors (Lipinski definition) is 5. The molecule has 5 rings (SSSR count). The van der Waals surface area contributed by atoms with Gasteiger partial charge in [-0.1, -0.05) is 0 Å². The van der Waals surface area contributed by atoms with Gasteiger partial charge in [-0.05, 0) is 50.3 Å². The molecule has 158 valence electrons. The molecule has 2 aliphatic rings. The highest BCUT2D eigenvalue weighted by Crippen LogP contribution is 2.31. The normalized spacial score (nSPS) is 18.2. The Labute approximate surface area is 176 Å². The van der Waals surface area contributed by atoms with Gasteiger partial charge in [-0.15, -0.1) is 0 Å². The molecule has 2 saturated heterocycles. The van der Waals surface area contributed by atoms with Crippen molar-refractivity contribution in [2.75, 3.05) is 31.3 Å². The lowest BCUT2D eigenvalue weighted by atomic mass is 10.00. The molecule has 0 saturated carbocycles. The summed E-state index contributed by atoms with van der Waals surface area (Å²) in [5.74, 6) is 1.70. The van der Waals surface area contributed by atoms with Gasteiger partial charge in [-0.25, -0.2) is 4.98 Å². The molecule has 7 nitrogen and oxygen atoms in total. The number of anilines is 1. The second-order valence-electron chi connectivity index (χ2n) is 8.17. The van der Waals surface area contributed by atoms with Crippen molar-refractivity contribution in [3.05, 3.63) is 30.2 Å². The van der Waals surface area contributed by atoms with Gasteiger partial charge in [0, 0.05) is 50.4 Å². The van der Waals surface area contributed by atoms with Crippen molar-refractivity contribution in [2.45, 2.75) is 45.8 Å². The van der Waals surface area contributed by atoms with E-state index in [0.717, 1.165) is 79.0 Å². The zero-order valence-corrected chi connectivity index (χ0v) is 17.5. The van der Waals surface area contributed by atoms with Gasteiger partial charge in [-0.3, -0.25) is 9.78 Å². The van der Waals surface area contributed by atoms with Crippen LogP contribution >= 0.6 is 0 Å². The summed E-state index contributed by atoms with van der Waals surface area (Å²) >= 11 is 0. The predicted octanol–water partition coefficient (Wildman–Crippen LogP) is 3.67. The lowest BCUT2D eigenvalue weighted by Crippen LogP contribution is -2.23. The van der Waals surface area contributed by atoms with Crippen LogP contribution in [0.1, 0.15) is 38.4 Å². The van der Waals surface area contributed by atoms with Gasteiger partial charge in [0.25, 0.3) is 0 Å². The second-order valence-corrected chi connectivity index (χ2v) is 8.17. The molecule has 0 radical (unpaired) electrons. The largest absolute Gasteiger partial charge is 0.381 e. The quantitative estimate of drug-likeness (QED) is 0.622. The zero-order valence-electron chi connectivity index (χ0n) is 17.5. The summed E-state index contributed by atoms with van der Waals surface area (Å²) in [5, 5.41) is 1.05. The number of aromatic nitrogens is 3. The molecule has 1 amide bonds. The summed E-state index contributed by atoms with van der Waals surface area (Å²) in [5.41, 5.74) is 3.85. The van der Waals surface area contributed by atoms with E-state index >= 15 is 0 Å². The Kier molecular flexibility index (Phi) is 5.39. The van der Waals surface area contributed by atoms with E-state index in [1.165, 1.54) is 0 Å². The van der Waals surface area contributed by atoms with Gasteiger partial charge in [-0.2, -0.15) is 0 Å². The maximum absolute atomic E-state index is 12.3. The number of fused-ring (bicyclic) bond motifs is 3. The van der Waals surface area contributed by atoms with Crippen molar-refractivity contribution in [3.8, 4) is 0 Å². The fourth-order valence-electron chi connectivity index (χ4n) is 4.63. The van der Waals surface area contributed by atoms with E-state index in [-0.39, 0.29) is 5.91 Å². The van der Waals surface area contributed by atoms with Crippen molar-refractivity contribution in [2.24, 2.45) is 5.92 Å². The first-order chi connectivity index (χ1) is 14.7. The maximum atomic E-state index is 12.3. The predicted molar refractivity (Wildman–Crippen MR) is 115 cm³/mol. The molecule has 4 heterocycles. The topological polar surface area (TPSA) is 69.5 Å². The van der Waals surface area contributed by atoms with E-state index in [0.29, 0.717) is 25.6 Å². The summed E-state index contributed by atoms with van der Waals surface area (Å²) in [6, 6.07) is 6.13. The molecule has 3 aromatic rings. The number of amides is 1. The number of carbonyl (C=O) groups excluding carboxylic acids is 1. The lowest BCUT2D eigenvalue weighted by molar-refractivity contribution is -0.117. The number of ether oxygens (including phenoxy) is 2. The van der Waals surface area contributed by atoms with Crippen LogP contribution in [0.5, 0.6) is 0 Å². The number of imidazole rings is 1. The van der Waals surface area contributed by atoms with Crippen LogP contribution in [0, 0.1) is 5.92 Å². The molecule has 0 N–H and O–H groups in total. The van der Waals surface area contributed by atoms with E-state index < -0.39 is 0 Å². The Morgan fingerprint density at radius 3 is 2.87 bits per heavy atom. The Balaban J connectivity index is 1.64. The molecule has 7 heteroatoms. The summed E-state index contributed by atoms with van der Waals surface area (Å²) in [4.78, 5) is 23.7. The minimum atomic E-state index is 0.197. The third kappa shape index (κ3) is 3.56. The first kappa shape index (κ1) is 19.5. The van der Waals surface area contributed by atoms with Gasteiger partial charge in [0.05, 0.1) is 17.2 Å². The van der Waals surface area contributed by atoms with Gasteiger partial charge in [0.2, 0.25) is 5.91 Å². The smallest absolute Gasteiger partial charge is 0.227 e. The molecule has 1 aromatic carbocycles. The highest BCUT2D eigenvalue weighted by Gasteiger charge is 2.24. The van der Waals surface area contributed by atoms with Crippen LogP contribution in [0.15, 0.2) is 24.4 Å². The molecule has 30 heavy (non-hydrogen) atoms. The van der Waals surface area contributed by atoms with Gasteiger partial charge < -0.3 is 18.9 Å². The minimum Gasteiger partial charge on any atom is -0.381 e. The number of pyridine rings is 1. The summed E-state index contributed by atoms with van der Waals surface area (Å²) in [6.07, 6.45) is 5.52. The third-order valence-electron chi connectivity index (χ3n) is 6.24. The molecule has 0 atom stereocenters. The monoisotopic (exact) mass is 408 g/mol. The van der Waals surface area contributed by atoms with Crippen molar-refractivity contribution >= 4 is 33.5 Å². The van der Waals surface area contributed by atoms with Crippen LogP contribution in [0.4, 0.5) is 5.69 Å². The lowest BCUT2D eigenvalue weighted by Gasteiger charge is -2.24. The fourth-order valence-corrected chi connectivity index (χ4v) is 4.63. The van der Waals surface area contributed by atoms with E-state index in [1.54, 1.807) is 0 Å². The maximum Gasteiger partial charge on any atom is 0.227 e. The number of benzene rings is 1. The Morgan fingerprint density at radius 2 is 2.10 bits per heavy atom. The highest BCUT2D eigenvalue weighted by atomic mass is 16.5. The molecule has 2 fully saturated rings. The Hall–Kier alpha value is -2.51. The molecule has 0 spiro atoms. The number of rotatable bonds is 6. The molecule has 0 aliphatic carbocycles. The summed E-state index contributed by atoms with van der Waals surface area (Å²) in [7, 11) is 0. The van der Waals surface area contributed by atoms with Gasteiger partial charge in [0.1, 0.15) is 17.9 Å². The van der Waals surface area contributed by atoms with Crippen LogP contribution in [0.25, 0.3) is 21.9 Å². The molecule has 2 aliphatic heterocycles.